The van der Waals surface area contributed by atoms with E-state index in [1.807, 2.05) is 0 Å². The van der Waals surface area contributed by atoms with Gasteiger partial charge in [-0.2, -0.15) is 13.2 Å². The van der Waals surface area contributed by atoms with Crippen LogP contribution < -0.4 is 10.2 Å². The fraction of sp³-hybridized carbons (Fsp3) is 0.391. The van der Waals surface area contributed by atoms with Crippen LogP contribution in [0.2, 0.25) is 0 Å². The summed E-state index contributed by atoms with van der Waals surface area (Å²) in [7, 11) is -3.86. The predicted molar refractivity (Wildman–Crippen MR) is 126 cm³/mol. The number of nitrogens with one attached hydrogen (secondary N) is 1. The Labute approximate surface area is 211 Å². The van der Waals surface area contributed by atoms with Gasteiger partial charge >= 0.3 is 11.5 Å². The molecule has 0 unspecified atom stereocenters. The molecule has 1 N–H and O–H groups in total. The lowest BCUT2D eigenvalue weighted by atomic mass is 10.0. The number of benzene rings is 1. The molecular formula is C23H24F3N5O5S. The summed E-state index contributed by atoms with van der Waals surface area (Å²) in [6.45, 7) is 3.62. The van der Waals surface area contributed by atoms with E-state index in [0.717, 1.165) is 17.0 Å². The van der Waals surface area contributed by atoms with Crippen LogP contribution >= 0.6 is 0 Å². The average molecular weight is 540 g/mol. The van der Waals surface area contributed by atoms with Gasteiger partial charge < -0.3 is 15.1 Å². The van der Waals surface area contributed by atoms with E-state index >= 15 is 0 Å². The number of amides is 4. The van der Waals surface area contributed by atoms with Gasteiger partial charge in [-0.3, -0.25) is 9.59 Å². The molecule has 3 heterocycles. The number of aromatic nitrogens is 1. The lowest BCUT2D eigenvalue weighted by Crippen LogP contribution is -2.43. The topological polar surface area (TPSA) is 120 Å². The quantitative estimate of drug-likeness (QED) is 0.561. The van der Waals surface area contributed by atoms with Crippen molar-refractivity contribution in [1.29, 1.82) is 0 Å². The van der Waals surface area contributed by atoms with Crippen LogP contribution in [0.3, 0.4) is 0 Å². The summed E-state index contributed by atoms with van der Waals surface area (Å²) >= 11 is 0. The van der Waals surface area contributed by atoms with Crippen LogP contribution in [-0.2, 0) is 26.0 Å². The highest BCUT2D eigenvalue weighted by Crippen LogP contribution is 2.35. The minimum Gasteiger partial charge on any atom is -0.365 e. The molecule has 4 rings (SSSR count). The Balaban J connectivity index is 1.54. The van der Waals surface area contributed by atoms with Crippen LogP contribution in [0.1, 0.15) is 25.8 Å². The highest BCUT2D eigenvalue weighted by atomic mass is 32.2. The molecule has 2 saturated heterocycles. The third-order valence-corrected chi connectivity index (χ3v) is 7.89. The van der Waals surface area contributed by atoms with Gasteiger partial charge in [0.15, 0.2) is 0 Å². The Kier molecular flexibility index (Phi) is 6.42. The molecule has 1 aromatic heterocycles. The number of halogens is 3. The molecule has 2 aliphatic heterocycles. The van der Waals surface area contributed by atoms with E-state index in [9.17, 15) is 36.0 Å². The maximum Gasteiger partial charge on any atom is 0.501 e. The van der Waals surface area contributed by atoms with Gasteiger partial charge in [-0.25, -0.2) is 23.1 Å². The number of hydrogen-bond donors (Lipinski definition) is 1. The molecule has 0 saturated carbocycles. The first-order valence-corrected chi connectivity index (χ1v) is 12.6. The number of sulfone groups is 1. The molecule has 4 amide bonds. The van der Waals surface area contributed by atoms with E-state index in [1.165, 1.54) is 24.9 Å². The Hall–Kier alpha value is -3.68. The van der Waals surface area contributed by atoms with Crippen molar-refractivity contribution in [2.45, 2.75) is 48.8 Å². The number of carbonyl (C=O) groups excluding carboxylic acids is 3. The van der Waals surface area contributed by atoms with Crippen molar-refractivity contribution >= 4 is 39.2 Å². The van der Waals surface area contributed by atoms with Crippen molar-refractivity contribution in [3.05, 3.63) is 48.2 Å². The molecule has 0 bridgehead atoms. The standard InChI is InChI=1S/C23H24F3N5O5S/c1-22(2)20(33)31(16-4-6-17(7-5-16)37(35,36)23(24,25)26)21(34)30(22)12-14-8-9-27-18(10-14)28-15-11-19(32)29(3)13-15/h4-10,15H,11-13H2,1-3H3,(H,27,28)/t15-/m1/s1. The normalized spacial score (nSPS) is 20.2. The molecule has 0 aliphatic carbocycles. The summed E-state index contributed by atoms with van der Waals surface area (Å²) in [5.74, 6) is -0.107. The van der Waals surface area contributed by atoms with Gasteiger partial charge in [-0.15, -0.1) is 0 Å². The second-order valence-corrected chi connectivity index (χ2v) is 11.3. The molecule has 0 radical (unpaired) electrons. The number of rotatable bonds is 6. The first-order chi connectivity index (χ1) is 17.1. The van der Waals surface area contributed by atoms with Crippen LogP contribution in [-0.4, -0.2) is 71.7 Å². The lowest BCUT2D eigenvalue weighted by Gasteiger charge is -2.28. The average Bonchev–Trinajstić information content (AvgIpc) is 3.20. The number of carbonyl (C=O) groups is 3. The first kappa shape index (κ1) is 26.4. The minimum absolute atomic E-state index is 0.0145. The Morgan fingerprint density at radius 2 is 1.76 bits per heavy atom. The largest absolute Gasteiger partial charge is 0.501 e. The van der Waals surface area contributed by atoms with Gasteiger partial charge in [0.05, 0.1) is 16.6 Å². The summed E-state index contributed by atoms with van der Waals surface area (Å²) in [4.78, 5) is 45.2. The van der Waals surface area contributed by atoms with Crippen LogP contribution in [0, 0.1) is 0 Å². The number of nitrogens with zero attached hydrogens (tertiary/aromatic N) is 4. The molecule has 2 aliphatic rings. The number of imide groups is 1. The number of pyridine rings is 1. The van der Waals surface area contributed by atoms with E-state index < -0.39 is 37.7 Å². The number of urea groups is 1. The predicted octanol–water partition coefficient (Wildman–Crippen LogP) is 2.77. The number of likely N-dealkylation sites (tertiary alicyclic amines) is 1. The summed E-state index contributed by atoms with van der Waals surface area (Å²) in [6, 6.07) is 5.94. The maximum absolute atomic E-state index is 13.3. The van der Waals surface area contributed by atoms with Crippen LogP contribution in [0.5, 0.6) is 0 Å². The molecule has 14 heteroatoms. The second kappa shape index (κ2) is 9.01. The molecule has 1 aromatic carbocycles. The number of hydrogen-bond acceptors (Lipinski definition) is 7. The Morgan fingerprint density at radius 3 is 2.32 bits per heavy atom. The first-order valence-electron chi connectivity index (χ1n) is 11.2. The van der Waals surface area contributed by atoms with Crippen molar-refractivity contribution < 1.29 is 36.0 Å². The van der Waals surface area contributed by atoms with E-state index in [2.05, 4.69) is 10.3 Å². The molecule has 0 spiro atoms. The highest BCUT2D eigenvalue weighted by Gasteiger charge is 2.52. The van der Waals surface area contributed by atoms with Crippen molar-refractivity contribution in [2.75, 3.05) is 23.8 Å². The van der Waals surface area contributed by atoms with Gasteiger partial charge in [0.25, 0.3) is 15.7 Å². The second-order valence-electron chi connectivity index (χ2n) is 9.38. The van der Waals surface area contributed by atoms with Crippen LogP contribution in [0.15, 0.2) is 47.5 Å². The third kappa shape index (κ3) is 4.72. The molecule has 2 aromatic rings. The summed E-state index contributed by atoms with van der Waals surface area (Å²) in [5.41, 5.74) is -6.18. The van der Waals surface area contributed by atoms with Crippen molar-refractivity contribution in [2.24, 2.45) is 0 Å². The summed E-state index contributed by atoms with van der Waals surface area (Å²) in [5, 5.41) is 3.19. The van der Waals surface area contributed by atoms with Gasteiger partial charge in [-0.1, -0.05) is 0 Å². The van der Waals surface area contributed by atoms with Crippen molar-refractivity contribution in [1.82, 2.24) is 14.8 Å². The molecule has 1 atom stereocenters. The SMILES string of the molecule is CN1C[C@H](Nc2cc(CN3C(=O)N(c4ccc(S(=O)(=O)C(F)(F)F)cc4)C(=O)C3(C)C)ccn2)CC1=O. The Bertz CT molecular complexity index is 1360. The molecular weight excluding hydrogens is 515 g/mol. The number of anilines is 2. The Morgan fingerprint density at radius 1 is 1.11 bits per heavy atom. The maximum atomic E-state index is 13.3. The van der Waals surface area contributed by atoms with Gasteiger partial charge in [0.2, 0.25) is 5.91 Å². The zero-order chi connectivity index (χ0) is 27.3. The van der Waals surface area contributed by atoms with E-state index in [0.29, 0.717) is 36.5 Å². The van der Waals surface area contributed by atoms with Crippen LogP contribution in [0.25, 0.3) is 0 Å². The van der Waals surface area contributed by atoms with Crippen molar-refractivity contribution in [3.8, 4) is 0 Å². The molecule has 10 nitrogen and oxygen atoms in total. The molecule has 37 heavy (non-hydrogen) atoms. The van der Waals surface area contributed by atoms with E-state index in [-0.39, 0.29) is 24.2 Å². The highest BCUT2D eigenvalue weighted by molar-refractivity contribution is 7.92. The van der Waals surface area contributed by atoms with E-state index in [4.69, 9.17) is 0 Å². The number of likely N-dealkylation sites (N-methyl/N-ethyl adjacent to an activating group) is 1. The van der Waals surface area contributed by atoms with Gasteiger partial charge in [-0.05, 0) is 55.8 Å². The molecule has 2 fully saturated rings. The lowest BCUT2D eigenvalue weighted by molar-refractivity contribution is -0.126. The summed E-state index contributed by atoms with van der Waals surface area (Å²) < 4.78 is 61.8. The summed E-state index contributed by atoms with van der Waals surface area (Å²) in [6.07, 6.45) is 1.86. The third-order valence-electron chi connectivity index (χ3n) is 6.39. The van der Waals surface area contributed by atoms with Crippen molar-refractivity contribution in [3.63, 3.8) is 0 Å². The fourth-order valence-electron chi connectivity index (χ4n) is 4.24. The minimum atomic E-state index is -5.57. The van der Waals surface area contributed by atoms with Gasteiger partial charge in [0.1, 0.15) is 11.4 Å². The van der Waals surface area contributed by atoms with Gasteiger partial charge in [0, 0.05) is 32.8 Å². The van der Waals surface area contributed by atoms with Crippen LogP contribution in [0.4, 0.5) is 29.5 Å². The number of alkyl halides is 3. The zero-order valence-corrected chi connectivity index (χ0v) is 20.9. The monoisotopic (exact) mass is 539 g/mol. The molecule has 198 valence electrons. The fourth-order valence-corrected chi connectivity index (χ4v) is 5.00. The zero-order valence-electron chi connectivity index (χ0n) is 20.1. The van der Waals surface area contributed by atoms with E-state index in [1.54, 1.807) is 24.1 Å². The smallest absolute Gasteiger partial charge is 0.365 e.